The van der Waals surface area contributed by atoms with Crippen LogP contribution < -0.4 is 15.4 Å². The van der Waals surface area contributed by atoms with Crippen LogP contribution in [0.25, 0.3) is 0 Å². The van der Waals surface area contributed by atoms with Crippen molar-refractivity contribution in [3.63, 3.8) is 0 Å². The van der Waals surface area contributed by atoms with E-state index in [0.29, 0.717) is 6.61 Å². The van der Waals surface area contributed by atoms with Gasteiger partial charge in [-0.1, -0.05) is 12.5 Å². The summed E-state index contributed by atoms with van der Waals surface area (Å²) in [6, 6.07) is 7.49. The molecule has 0 aliphatic carbocycles. The van der Waals surface area contributed by atoms with Gasteiger partial charge in [0.15, 0.2) is 0 Å². The van der Waals surface area contributed by atoms with Gasteiger partial charge in [-0.15, -0.1) is 0 Å². The number of rotatable bonds is 6. The lowest BCUT2D eigenvalue weighted by molar-refractivity contribution is -0.118. The van der Waals surface area contributed by atoms with Crippen LogP contribution in [0.5, 0.6) is 5.75 Å². The molecule has 1 fully saturated rings. The molecule has 0 bridgehead atoms. The highest BCUT2D eigenvalue weighted by molar-refractivity contribution is 5.95. The third-order valence-corrected chi connectivity index (χ3v) is 3.54. The molecule has 0 aromatic heterocycles. The largest absolute Gasteiger partial charge is 0.492 e. The van der Waals surface area contributed by atoms with Gasteiger partial charge in [0.25, 0.3) is 0 Å². The normalized spacial score (nSPS) is 18.5. The molecule has 5 nitrogen and oxygen atoms in total. The predicted molar refractivity (Wildman–Crippen MR) is 84.8 cm³/mol. The molecule has 1 aromatic carbocycles. The van der Waals surface area contributed by atoms with Gasteiger partial charge in [-0.05, 0) is 45.6 Å². The molecule has 21 heavy (non-hydrogen) atoms. The van der Waals surface area contributed by atoms with Crippen LogP contribution in [-0.2, 0) is 4.79 Å². The zero-order valence-corrected chi connectivity index (χ0v) is 12.9. The van der Waals surface area contributed by atoms with Crippen LogP contribution in [-0.4, -0.2) is 50.6 Å². The zero-order valence-electron chi connectivity index (χ0n) is 12.9. The van der Waals surface area contributed by atoms with E-state index in [4.69, 9.17) is 4.74 Å². The van der Waals surface area contributed by atoms with Crippen molar-refractivity contribution < 1.29 is 9.53 Å². The van der Waals surface area contributed by atoms with Gasteiger partial charge in [-0.3, -0.25) is 4.79 Å². The predicted octanol–water partition coefficient (Wildman–Crippen LogP) is 1.71. The molecule has 0 radical (unpaired) electrons. The smallest absolute Gasteiger partial charge is 0.241 e. The number of anilines is 1. The molecular weight excluding hydrogens is 266 g/mol. The van der Waals surface area contributed by atoms with Crippen LogP contribution in [0.15, 0.2) is 24.3 Å². The molecule has 0 saturated carbocycles. The molecule has 116 valence electrons. The van der Waals surface area contributed by atoms with Gasteiger partial charge >= 0.3 is 0 Å². The highest BCUT2D eigenvalue weighted by atomic mass is 16.5. The quantitative estimate of drug-likeness (QED) is 0.838. The first-order valence-electron chi connectivity index (χ1n) is 7.57. The van der Waals surface area contributed by atoms with E-state index in [1.54, 1.807) is 0 Å². The van der Waals surface area contributed by atoms with Gasteiger partial charge in [0.2, 0.25) is 5.91 Å². The van der Waals surface area contributed by atoms with Crippen LogP contribution in [0.3, 0.4) is 0 Å². The minimum Gasteiger partial charge on any atom is -0.492 e. The molecule has 1 unspecified atom stereocenters. The second-order valence-electron chi connectivity index (χ2n) is 5.67. The Hall–Kier alpha value is -1.59. The van der Waals surface area contributed by atoms with Crippen molar-refractivity contribution in [2.75, 3.05) is 39.1 Å². The number of carbonyl (C=O) groups excluding carboxylic acids is 1. The second kappa shape index (κ2) is 8.00. The first-order valence-corrected chi connectivity index (χ1v) is 7.57. The highest BCUT2D eigenvalue weighted by Gasteiger charge is 2.20. The van der Waals surface area contributed by atoms with Crippen molar-refractivity contribution in [1.29, 1.82) is 0 Å². The maximum Gasteiger partial charge on any atom is 0.241 e. The molecule has 1 atom stereocenters. The number of amides is 1. The maximum absolute atomic E-state index is 12.2. The maximum atomic E-state index is 12.2. The van der Waals surface area contributed by atoms with Crippen LogP contribution in [0.4, 0.5) is 5.69 Å². The van der Waals surface area contributed by atoms with Crippen molar-refractivity contribution >= 4 is 11.6 Å². The summed E-state index contributed by atoms with van der Waals surface area (Å²) < 4.78 is 5.68. The van der Waals surface area contributed by atoms with Gasteiger partial charge in [0.05, 0.1) is 6.04 Å². The summed E-state index contributed by atoms with van der Waals surface area (Å²) in [6.07, 6.45) is 3.17. The summed E-state index contributed by atoms with van der Waals surface area (Å²) in [7, 11) is 4.02. The van der Waals surface area contributed by atoms with Gasteiger partial charge in [-0.2, -0.15) is 0 Å². The second-order valence-corrected chi connectivity index (χ2v) is 5.67. The van der Waals surface area contributed by atoms with E-state index < -0.39 is 0 Å². The number of hydrogen-bond donors (Lipinski definition) is 2. The SMILES string of the molecule is CN(C)CCOc1cccc(NC(=O)C2CCCCN2)c1. The number of piperidine rings is 1. The van der Waals surface area contributed by atoms with Gasteiger partial charge in [0.1, 0.15) is 12.4 Å². The summed E-state index contributed by atoms with van der Waals surface area (Å²) in [5.41, 5.74) is 0.787. The Bertz CT molecular complexity index is 457. The van der Waals surface area contributed by atoms with Gasteiger partial charge in [-0.25, -0.2) is 0 Å². The van der Waals surface area contributed by atoms with Crippen LogP contribution >= 0.6 is 0 Å². The molecule has 1 saturated heterocycles. The van der Waals surface area contributed by atoms with Crippen molar-refractivity contribution in [3.05, 3.63) is 24.3 Å². The molecule has 2 N–H and O–H groups in total. The Balaban J connectivity index is 1.86. The molecule has 0 spiro atoms. The van der Waals surface area contributed by atoms with Crippen molar-refractivity contribution in [2.45, 2.75) is 25.3 Å². The molecule has 1 aliphatic heterocycles. The van der Waals surface area contributed by atoms with E-state index in [2.05, 4.69) is 15.5 Å². The summed E-state index contributed by atoms with van der Waals surface area (Å²) in [5, 5.41) is 6.21. The number of benzene rings is 1. The molecule has 5 heteroatoms. The number of nitrogens with zero attached hydrogens (tertiary/aromatic N) is 1. The fourth-order valence-electron chi connectivity index (χ4n) is 2.31. The van der Waals surface area contributed by atoms with E-state index in [1.165, 1.54) is 0 Å². The number of likely N-dealkylation sites (N-methyl/N-ethyl adjacent to an activating group) is 1. The molecule has 1 amide bonds. The van der Waals surface area contributed by atoms with E-state index in [-0.39, 0.29) is 11.9 Å². The highest BCUT2D eigenvalue weighted by Crippen LogP contribution is 2.18. The van der Waals surface area contributed by atoms with E-state index >= 15 is 0 Å². The summed E-state index contributed by atoms with van der Waals surface area (Å²) in [6.45, 7) is 2.42. The molecule has 1 aromatic rings. The summed E-state index contributed by atoms with van der Waals surface area (Å²) in [4.78, 5) is 14.2. The Morgan fingerprint density at radius 2 is 2.29 bits per heavy atom. The van der Waals surface area contributed by atoms with Crippen LogP contribution in [0.1, 0.15) is 19.3 Å². The van der Waals surface area contributed by atoms with Crippen molar-refractivity contribution in [2.24, 2.45) is 0 Å². The number of carbonyl (C=O) groups is 1. The standard InChI is InChI=1S/C16H25N3O2/c1-19(2)10-11-21-14-7-5-6-13(12-14)18-16(20)15-8-3-4-9-17-15/h5-7,12,15,17H,3-4,8-11H2,1-2H3,(H,18,20). The van der Waals surface area contributed by atoms with Crippen LogP contribution in [0.2, 0.25) is 0 Å². The number of nitrogens with one attached hydrogen (secondary N) is 2. The molecule has 1 aliphatic rings. The first-order chi connectivity index (χ1) is 10.1. The van der Waals surface area contributed by atoms with Gasteiger partial charge < -0.3 is 20.3 Å². The topological polar surface area (TPSA) is 53.6 Å². The Labute approximate surface area is 126 Å². The Kier molecular flexibility index (Phi) is 6.02. The fourth-order valence-corrected chi connectivity index (χ4v) is 2.31. The average molecular weight is 291 g/mol. The minimum atomic E-state index is -0.0722. The van der Waals surface area contributed by atoms with E-state index in [1.807, 2.05) is 38.4 Å². The van der Waals surface area contributed by atoms with E-state index in [9.17, 15) is 4.79 Å². The van der Waals surface area contributed by atoms with E-state index in [0.717, 1.165) is 43.8 Å². The fraction of sp³-hybridized carbons (Fsp3) is 0.562. The monoisotopic (exact) mass is 291 g/mol. The summed E-state index contributed by atoms with van der Waals surface area (Å²) >= 11 is 0. The first kappa shape index (κ1) is 15.8. The molecular formula is C16H25N3O2. The third-order valence-electron chi connectivity index (χ3n) is 3.54. The summed E-state index contributed by atoms with van der Waals surface area (Å²) in [5.74, 6) is 0.825. The van der Waals surface area contributed by atoms with Crippen LogP contribution in [0, 0.1) is 0 Å². The van der Waals surface area contributed by atoms with Gasteiger partial charge in [0, 0.05) is 18.3 Å². The number of ether oxygens (including phenoxy) is 1. The Morgan fingerprint density at radius 1 is 1.43 bits per heavy atom. The average Bonchev–Trinajstić information content (AvgIpc) is 2.48. The molecule has 1 heterocycles. The lowest BCUT2D eigenvalue weighted by atomic mass is 10.0. The zero-order chi connectivity index (χ0) is 15.1. The molecule has 2 rings (SSSR count). The van der Waals surface area contributed by atoms with Crippen molar-refractivity contribution in [3.8, 4) is 5.75 Å². The lowest BCUT2D eigenvalue weighted by Gasteiger charge is -2.22. The van der Waals surface area contributed by atoms with Crippen molar-refractivity contribution in [1.82, 2.24) is 10.2 Å². The third kappa shape index (κ3) is 5.36. The lowest BCUT2D eigenvalue weighted by Crippen LogP contribution is -2.43. The minimum absolute atomic E-state index is 0.0418. The Morgan fingerprint density at radius 3 is 3.00 bits per heavy atom. The number of hydrogen-bond acceptors (Lipinski definition) is 4.